The number of carbonyl (C=O) groups excluding carboxylic acids is 1. The number of rotatable bonds is 4. The van der Waals surface area contributed by atoms with Crippen LogP contribution in [0, 0.1) is 13.8 Å². The molecule has 2 rings (SSSR count). The zero-order chi connectivity index (χ0) is 15.6. The molecule has 0 saturated heterocycles. The Balaban J connectivity index is 2.53. The van der Waals surface area contributed by atoms with E-state index in [0.717, 1.165) is 16.9 Å². The molecule has 0 saturated carbocycles. The Kier molecular flexibility index (Phi) is 4.08. The molecule has 4 nitrogen and oxygen atoms in total. The van der Waals surface area contributed by atoms with Gasteiger partial charge in [-0.2, -0.15) is 0 Å². The van der Waals surface area contributed by atoms with Crippen molar-refractivity contribution in [2.45, 2.75) is 13.8 Å². The summed E-state index contributed by atoms with van der Waals surface area (Å²) in [5.74, 6) is -0.680. The van der Waals surface area contributed by atoms with E-state index in [1.807, 2.05) is 13.8 Å². The Morgan fingerprint density at radius 1 is 1.00 bits per heavy atom. The second-order valence-electron chi connectivity index (χ2n) is 4.82. The van der Waals surface area contributed by atoms with Crippen molar-refractivity contribution < 1.29 is 19.4 Å². The first-order valence-corrected chi connectivity index (χ1v) is 6.48. The summed E-state index contributed by atoms with van der Waals surface area (Å²) in [6.45, 7) is 3.71. The number of ketones is 1. The molecule has 0 aliphatic carbocycles. The first-order valence-electron chi connectivity index (χ1n) is 6.48. The van der Waals surface area contributed by atoms with Crippen LogP contribution in [0.5, 0.6) is 5.75 Å². The molecular formula is C17H16O4. The number of methoxy groups -OCH3 is 1. The highest BCUT2D eigenvalue weighted by Crippen LogP contribution is 2.26. The summed E-state index contributed by atoms with van der Waals surface area (Å²) in [5.41, 5.74) is 2.34. The van der Waals surface area contributed by atoms with Gasteiger partial charge in [-0.1, -0.05) is 18.2 Å². The molecule has 0 aromatic heterocycles. The van der Waals surface area contributed by atoms with Crippen molar-refractivity contribution in [1.82, 2.24) is 0 Å². The quantitative estimate of drug-likeness (QED) is 0.875. The molecule has 0 bridgehead atoms. The van der Waals surface area contributed by atoms with Gasteiger partial charge in [0.1, 0.15) is 5.75 Å². The molecule has 0 aliphatic rings. The van der Waals surface area contributed by atoms with Crippen molar-refractivity contribution in [1.29, 1.82) is 0 Å². The lowest BCUT2D eigenvalue weighted by molar-refractivity contribution is 0.0693. The molecule has 0 heterocycles. The third-order valence-corrected chi connectivity index (χ3v) is 3.33. The third-order valence-electron chi connectivity index (χ3n) is 3.33. The van der Waals surface area contributed by atoms with E-state index in [9.17, 15) is 14.7 Å². The molecule has 4 heteroatoms. The maximum atomic E-state index is 12.6. The topological polar surface area (TPSA) is 63.6 Å². The van der Waals surface area contributed by atoms with Crippen LogP contribution in [0.2, 0.25) is 0 Å². The molecule has 108 valence electrons. The highest BCUT2D eigenvalue weighted by molar-refractivity contribution is 6.14. The van der Waals surface area contributed by atoms with Crippen LogP contribution in [-0.2, 0) is 0 Å². The molecule has 0 fully saturated rings. The number of benzene rings is 2. The van der Waals surface area contributed by atoms with Gasteiger partial charge < -0.3 is 9.84 Å². The average molecular weight is 284 g/mol. The Morgan fingerprint density at radius 2 is 1.52 bits per heavy atom. The molecular weight excluding hydrogens is 268 g/mol. The summed E-state index contributed by atoms with van der Waals surface area (Å²) >= 11 is 0. The van der Waals surface area contributed by atoms with Gasteiger partial charge in [0.2, 0.25) is 0 Å². The normalized spacial score (nSPS) is 10.2. The predicted molar refractivity (Wildman–Crippen MR) is 79.3 cm³/mol. The fraction of sp³-hybridized carbons (Fsp3) is 0.176. The smallest absolute Gasteiger partial charge is 0.336 e. The fourth-order valence-electron chi connectivity index (χ4n) is 2.43. The summed E-state index contributed by atoms with van der Waals surface area (Å²) in [4.78, 5) is 23.8. The van der Waals surface area contributed by atoms with Gasteiger partial charge in [-0.25, -0.2) is 4.79 Å². The van der Waals surface area contributed by atoms with Gasteiger partial charge in [0, 0.05) is 11.1 Å². The predicted octanol–water partition coefficient (Wildman–Crippen LogP) is 3.24. The number of aromatic carboxylic acids is 1. The maximum Gasteiger partial charge on any atom is 0.336 e. The van der Waals surface area contributed by atoms with E-state index in [1.54, 1.807) is 31.4 Å². The van der Waals surface area contributed by atoms with Crippen LogP contribution >= 0.6 is 0 Å². The van der Waals surface area contributed by atoms with E-state index in [1.165, 1.54) is 12.1 Å². The molecule has 0 spiro atoms. The summed E-state index contributed by atoms with van der Waals surface area (Å²) in [6.07, 6.45) is 0. The zero-order valence-electron chi connectivity index (χ0n) is 12.1. The largest absolute Gasteiger partial charge is 0.496 e. The number of aryl methyl sites for hydroxylation is 2. The maximum absolute atomic E-state index is 12.6. The van der Waals surface area contributed by atoms with Crippen LogP contribution in [0.25, 0.3) is 0 Å². The lowest BCUT2D eigenvalue weighted by Crippen LogP contribution is -2.10. The standard InChI is InChI=1S/C17H16O4/c1-10-8-12(9-11(2)16(10)21-3)15(18)13-6-4-5-7-14(13)17(19)20/h4-9H,1-3H3,(H,19,20). The fourth-order valence-corrected chi connectivity index (χ4v) is 2.43. The zero-order valence-corrected chi connectivity index (χ0v) is 12.1. The Morgan fingerprint density at radius 3 is 2.00 bits per heavy atom. The molecule has 21 heavy (non-hydrogen) atoms. The van der Waals surface area contributed by atoms with Gasteiger partial charge in [0.15, 0.2) is 5.78 Å². The lowest BCUT2D eigenvalue weighted by Gasteiger charge is -2.11. The number of carboxylic acids is 1. The van der Waals surface area contributed by atoms with Gasteiger partial charge in [0.05, 0.1) is 12.7 Å². The van der Waals surface area contributed by atoms with Crippen molar-refractivity contribution in [3.63, 3.8) is 0 Å². The molecule has 2 aromatic carbocycles. The third kappa shape index (κ3) is 2.79. The summed E-state index contributed by atoms with van der Waals surface area (Å²) in [5, 5.41) is 9.18. The first kappa shape index (κ1) is 14.8. The molecule has 0 radical (unpaired) electrons. The van der Waals surface area contributed by atoms with Gasteiger partial charge in [0.25, 0.3) is 0 Å². The van der Waals surface area contributed by atoms with Crippen LogP contribution in [-0.4, -0.2) is 24.0 Å². The SMILES string of the molecule is COc1c(C)cc(C(=O)c2ccccc2C(=O)O)cc1C. The minimum Gasteiger partial charge on any atom is -0.496 e. The van der Waals surface area contributed by atoms with Crippen molar-refractivity contribution in [2.75, 3.05) is 7.11 Å². The van der Waals surface area contributed by atoms with E-state index in [0.29, 0.717) is 5.56 Å². The molecule has 0 atom stereocenters. The highest BCUT2D eigenvalue weighted by Gasteiger charge is 2.18. The molecule has 0 unspecified atom stereocenters. The highest BCUT2D eigenvalue weighted by atomic mass is 16.5. The van der Waals surface area contributed by atoms with Gasteiger partial charge in [-0.3, -0.25) is 4.79 Å². The summed E-state index contributed by atoms with van der Waals surface area (Å²) in [7, 11) is 1.58. The lowest BCUT2D eigenvalue weighted by atomic mass is 9.95. The van der Waals surface area contributed by atoms with Crippen LogP contribution in [0.4, 0.5) is 0 Å². The van der Waals surface area contributed by atoms with Gasteiger partial charge in [-0.15, -0.1) is 0 Å². The average Bonchev–Trinajstić information content (AvgIpc) is 2.46. The molecule has 2 aromatic rings. The first-order chi connectivity index (χ1) is 9.95. The van der Waals surface area contributed by atoms with E-state index in [-0.39, 0.29) is 16.9 Å². The minimum absolute atomic E-state index is 0.00799. The molecule has 1 N–H and O–H groups in total. The van der Waals surface area contributed by atoms with E-state index in [2.05, 4.69) is 0 Å². The number of hydrogen-bond donors (Lipinski definition) is 1. The second kappa shape index (κ2) is 5.79. The number of carboxylic acid groups (broad SMARTS) is 1. The minimum atomic E-state index is -1.11. The van der Waals surface area contributed by atoms with E-state index in [4.69, 9.17) is 4.74 Å². The Labute approximate surface area is 123 Å². The van der Waals surface area contributed by atoms with E-state index >= 15 is 0 Å². The Bertz CT molecular complexity index is 693. The van der Waals surface area contributed by atoms with Gasteiger partial charge >= 0.3 is 5.97 Å². The van der Waals surface area contributed by atoms with Crippen LogP contribution in [0.15, 0.2) is 36.4 Å². The van der Waals surface area contributed by atoms with Crippen LogP contribution < -0.4 is 4.74 Å². The second-order valence-corrected chi connectivity index (χ2v) is 4.82. The van der Waals surface area contributed by atoms with Crippen molar-refractivity contribution in [3.05, 3.63) is 64.2 Å². The Hall–Kier alpha value is -2.62. The number of carbonyl (C=O) groups is 2. The number of hydrogen-bond acceptors (Lipinski definition) is 3. The van der Waals surface area contributed by atoms with Crippen molar-refractivity contribution in [3.8, 4) is 5.75 Å². The van der Waals surface area contributed by atoms with Crippen LogP contribution in [0.1, 0.15) is 37.4 Å². The van der Waals surface area contributed by atoms with E-state index < -0.39 is 5.97 Å². The van der Waals surface area contributed by atoms with Crippen LogP contribution in [0.3, 0.4) is 0 Å². The molecule has 0 aliphatic heterocycles. The number of ether oxygens (including phenoxy) is 1. The van der Waals surface area contributed by atoms with Crippen molar-refractivity contribution in [2.24, 2.45) is 0 Å². The summed E-state index contributed by atoms with van der Waals surface area (Å²) < 4.78 is 5.27. The summed E-state index contributed by atoms with van der Waals surface area (Å²) in [6, 6.07) is 9.65. The van der Waals surface area contributed by atoms with Gasteiger partial charge in [-0.05, 0) is 43.2 Å². The van der Waals surface area contributed by atoms with Crippen molar-refractivity contribution >= 4 is 11.8 Å². The molecule has 0 amide bonds. The monoisotopic (exact) mass is 284 g/mol.